The predicted molar refractivity (Wildman–Crippen MR) is 121 cm³/mol. The molecule has 1 aliphatic heterocycles. The van der Waals surface area contributed by atoms with Crippen molar-refractivity contribution < 1.29 is 14.1 Å². The summed E-state index contributed by atoms with van der Waals surface area (Å²) in [5.74, 6) is 0.684. The van der Waals surface area contributed by atoms with Gasteiger partial charge in [-0.3, -0.25) is 4.79 Å². The zero-order chi connectivity index (χ0) is 22.7. The fraction of sp³-hybridized carbons (Fsp3) is 0.333. The fourth-order valence-electron chi connectivity index (χ4n) is 3.77. The summed E-state index contributed by atoms with van der Waals surface area (Å²) in [6.07, 6.45) is 0.0670. The first-order valence-corrected chi connectivity index (χ1v) is 10.7. The van der Waals surface area contributed by atoms with Gasteiger partial charge in [-0.2, -0.15) is 4.98 Å². The largest absolute Gasteiger partial charge is 0.338 e. The van der Waals surface area contributed by atoms with Crippen LogP contribution in [0.4, 0.5) is 10.5 Å². The molecule has 1 aromatic heterocycles. The number of para-hydroxylation sites is 1. The first kappa shape index (κ1) is 21.5. The van der Waals surface area contributed by atoms with Crippen LogP contribution >= 0.6 is 0 Å². The first-order chi connectivity index (χ1) is 15.4. The standard InChI is InChI=1S/C24H27N5O3/c1-16-8-10-19(11-9-16)23-26-21(27-32-23)14-22(30)28-12-13-29(18(3)15-28)24(31)25-20-7-5-4-6-17(20)2/h4-11,18H,12-15H2,1-3H3,(H,25,31). The van der Waals surface area contributed by atoms with E-state index in [0.717, 1.165) is 22.4 Å². The van der Waals surface area contributed by atoms with Gasteiger partial charge in [-0.25, -0.2) is 4.79 Å². The van der Waals surface area contributed by atoms with Gasteiger partial charge < -0.3 is 19.6 Å². The van der Waals surface area contributed by atoms with Crippen LogP contribution in [0, 0.1) is 13.8 Å². The highest BCUT2D eigenvalue weighted by Gasteiger charge is 2.30. The molecule has 1 aliphatic rings. The number of carbonyl (C=O) groups excluding carboxylic acids is 2. The molecule has 0 radical (unpaired) electrons. The van der Waals surface area contributed by atoms with Crippen LogP contribution in [0.15, 0.2) is 53.1 Å². The average molecular weight is 434 g/mol. The number of nitrogens with zero attached hydrogens (tertiary/aromatic N) is 4. The summed E-state index contributed by atoms with van der Waals surface area (Å²) < 4.78 is 5.32. The van der Waals surface area contributed by atoms with Crippen LogP contribution in [0.1, 0.15) is 23.9 Å². The molecule has 3 aromatic rings. The first-order valence-electron chi connectivity index (χ1n) is 10.7. The normalized spacial score (nSPS) is 16.2. The van der Waals surface area contributed by atoms with Crippen LogP contribution in [0.2, 0.25) is 0 Å². The molecule has 1 unspecified atom stereocenters. The van der Waals surface area contributed by atoms with Crippen LogP contribution in [0.25, 0.3) is 11.5 Å². The van der Waals surface area contributed by atoms with E-state index in [1.54, 1.807) is 9.80 Å². The molecule has 1 N–H and O–H groups in total. The summed E-state index contributed by atoms with van der Waals surface area (Å²) >= 11 is 0. The van der Waals surface area contributed by atoms with Crippen LogP contribution in [0.3, 0.4) is 0 Å². The van der Waals surface area contributed by atoms with E-state index in [9.17, 15) is 9.59 Å². The molecule has 0 aliphatic carbocycles. The van der Waals surface area contributed by atoms with Crippen molar-refractivity contribution in [1.82, 2.24) is 19.9 Å². The van der Waals surface area contributed by atoms with Crippen molar-refractivity contribution in [3.63, 3.8) is 0 Å². The number of aromatic nitrogens is 2. The fourth-order valence-corrected chi connectivity index (χ4v) is 3.77. The monoisotopic (exact) mass is 433 g/mol. The molecule has 2 aromatic carbocycles. The molecule has 166 valence electrons. The number of hydrogen-bond donors (Lipinski definition) is 1. The molecule has 0 spiro atoms. The number of urea groups is 1. The second-order valence-electron chi connectivity index (χ2n) is 8.19. The Hall–Kier alpha value is -3.68. The minimum atomic E-state index is -0.153. The Balaban J connectivity index is 1.33. The number of nitrogens with one attached hydrogen (secondary N) is 1. The average Bonchev–Trinajstić information content (AvgIpc) is 3.24. The highest BCUT2D eigenvalue weighted by atomic mass is 16.5. The van der Waals surface area contributed by atoms with Gasteiger partial charge in [-0.05, 0) is 44.5 Å². The van der Waals surface area contributed by atoms with E-state index in [1.807, 2.05) is 69.3 Å². The van der Waals surface area contributed by atoms with E-state index in [0.29, 0.717) is 31.3 Å². The Morgan fingerprint density at radius 1 is 1.09 bits per heavy atom. The number of rotatable bonds is 4. The number of carbonyl (C=O) groups is 2. The Kier molecular flexibility index (Phi) is 6.20. The molecule has 8 nitrogen and oxygen atoms in total. The summed E-state index contributed by atoms with van der Waals surface area (Å²) in [5, 5.41) is 6.93. The van der Waals surface area contributed by atoms with Gasteiger partial charge in [0.1, 0.15) is 0 Å². The molecule has 3 amide bonds. The molecule has 0 saturated carbocycles. The van der Waals surface area contributed by atoms with Gasteiger partial charge in [0, 0.05) is 36.9 Å². The number of aryl methyl sites for hydroxylation is 2. The van der Waals surface area contributed by atoms with E-state index in [1.165, 1.54) is 0 Å². The Morgan fingerprint density at radius 3 is 2.56 bits per heavy atom. The van der Waals surface area contributed by atoms with Gasteiger partial charge in [-0.1, -0.05) is 41.1 Å². The van der Waals surface area contributed by atoms with Crippen LogP contribution < -0.4 is 5.32 Å². The smallest absolute Gasteiger partial charge is 0.322 e. The van der Waals surface area contributed by atoms with Gasteiger partial charge in [0.25, 0.3) is 5.89 Å². The van der Waals surface area contributed by atoms with E-state index in [-0.39, 0.29) is 24.4 Å². The SMILES string of the molecule is Cc1ccc(-c2nc(CC(=O)N3CCN(C(=O)Nc4ccccc4C)C(C)C3)no2)cc1. The summed E-state index contributed by atoms with van der Waals surface area (Å²) in [6, 6.07) is 15.2. The van der Waals surface area contributed by atoms with Crippen molar-refractivity contribution in [2.45, 2.75) is 33.2 Å². The number of hydrogen-bond acceptors (Lipinski definition) is 5. The molecule has 1 atom stereocenters. The molecule has 1 fully saturated rings. The van der Waals surface area contributed by atoms with Crippen LogP contribution in [-0.4, -0.2) is 57.6 Å². The molecular weight excluding hydrogens is 406 g/mol. The Morgan fingerprint density at radius 2 is 1.84 bits per heavy atom. The van der Waals surface area contributed by atoms with Gasteiger partial charge in [0.05, 0.1) is 6.42 Å². The van der Waals surface area contributed by atoms with Crippen molar-refractivity contribution >= 4 is 17.6 Å². The zero-order valence-electron chi connectivity index (χ0n) is 18.5. The molecule has 1 saturated heterocycles. The Labute approximate surface area is 187 Å². The molecule has 32 heavy (non-hydrogen) atoms. The van der Waals surface area contributed by atoms with Gasteiger partial charge in [-0.15, -0.1) is 0 Å². The van der Waals surface area contributed by atoms with Crippen molar-refractivity contribution in [3.8, 4) is 11.5 Å². The summed E-state index contributed by atoms with van der Waals surface area (Å²) in [6.45, 7) is 7.30. The van der Waals surface area contributed by atoms with Crippen LogP contribution in [0.5, 0.6) is 0 Å². The lowest BCUT2D eigenvalue weighted by Crippen LogP contribution is -2.56. The van der Waals surface area contributed by atoms with E-state index >= 15 is 0 Å². The lowest BCUT2D eigenvalue weighted by molar-refractivity contribution is -0.132. The zero-order valence-corrected chi connectivity index (χ0v) is 18.5. The third-order valence-electron chi connectivity index (χ3n) is 5.70. The van der Waals surface area contributed by atoms with Gasteiger partial charge in [0.15, 0.2) is 5.82 Å². The Bertz CT molecular complexity index is 1110. The lowest BCUT2D eigenvalue weighted by atomic mass is 10.1. The third kappa shape index (κ3) is 4.80. The summed E-state index contributed by atoms with van der Waals surface area (Å²) in [5.41, 5.74) is 3.77. The highest BCUT2D eigenvalue weighted by Crippen LogP contribution is 2.19. The molecular formula is C24H27N5O3. The third-order valence-corrected chi connectivity index (χ3v) is 5.70. The van der Waals surface area contributed by atoms with E-state index < -0.39 is 0 Å². The number of piperazine rings is 1. The van der Waals surface area contributed by atoms with Crippen molar-refractivity contribution in [1.29, 1.82) is 0 Å². The summed E-state index contributed by atoms with van der Waals surface area (Å²) in [7, 11) is 0. The molecule has 2 heterocycles. The lowest BCUT2D eigenvalue weighted by Gasteiger charge is -2.39. The quantitative estimate of drug-likeness (QED) is 0.678. The van der Waals surface area contributed by atoms with Crippen molar-refractivity contribution in [3.05, 3.63) is 65.5 Å². The second kappa shape index (κ2) is 9.21. The number of amides is 3. The van der Waals surface area contributed by atoms with E-state index in [4.69, 9.17) is 4.52 Å². The van der Waals surface area contributed by atoms with Gasteiger partial charge in [0.2, 0.25) is 5.91 Å². The highest BCUT2D eigenvalue weighted by molar-refractivity contribution is 5.90. The van der Waals surface area contributed by atoms with Crippen molar-refractivity contribution in [2.75, 3.05) is 25.0 Å². The maximum Gasteiger partial charge on any atom is 0.322 e. The topological polar surface area (TPSA) is 91.6 Å². The maximum atomic E-state index is 12.8. The second-order valence-corrected chi connectivity index (χ2v) is 8.19. The number of anilines is 1. The molecule has 0 bridgehead atoms. The molecule has 4 rings (SSSR count). The minimum Gasteiger partial charge on any atom is -0.338 e. The van der Waals surface area contributed by atoms with Gasteiger partial charge >= 0.3 is 6.03 Å². The van der Waals surface area contributed by atoms with Crippen molar-refractivity contribution in [2.24, 2.45) is 0 Å². The summed E-state index contributed by atoms with van der Waals surface area (Å²) in [4.78, 5) is 33.4. The van der Waals surface area contributed by atoms with Crippen LogP contribution in [-0.2, 0) is 11.2 Å². The maximum absolute atomic E-state index is 12.8. The predicted octanol–water partition coefficient (Wildman–Crippen LogP) is 3.66. The molecule has 8 heteroatoms. The number of benzene rings is 2. The minimum absolute atomic E-state index is 0.0670. The van der Waals surface area contributed by atoms with E-state index in [2.05, 4.69) is 15.5 Å².